The van der Waals surface area contributed by atoms with E-state index >= 15 is 0 Å². The second kappa shape index (κ2) is 5.81. The smallest absolute Gasteiger partial charge is 0.0260 e. The van der Waals surface area contributed by atoms with E-state index in [1.54, 1.807) is 0 Å². The van der Waals surface area contributed by atoms with E-state index in [1.807, 2.05) is 11.8 Å². The first kappa shape index (κ1) is 12.8. The lowest BCUT2D eigenvalue weighted by atomic mass is 10.1. The van der Waals surface area contributed by atoms with Gasteiger partial charge < -0.3 is 5.32 Å². The number of hydrogen-bond donors (Lipinski definition) is 1. The van der Waals surface area contributed by atoms with Gasteiger partial charge in [0.1, 0.15) is 0 Å². The minimum atomic E-state index is 0.683. The lowest BCUT2D eigenvalue weighted by molar-refractivity contribution is 0.665. The molecule has 2 aromatic carbocycles. The van der Waals surface area contributed by atoms with Gasteiger partial charge in [0, 0.05) is 23.2 Å². The van der Waals surface area contributed by atoms with Crippen molar-refractivity contribution in [1.29, 1.82) is 0 Å². The van der Waals surface area contributed by atoms with Crippen molar-refractivity contribution >= 4 is 11.8 Å². The van der Waals surface area contributed by atoms with Gasteiger partial charge >= 0.3 is 0 Å². The zero-order chi connectivity index (χ0) is 13.1. The zero-order valence-corrected chi connectivity index (χ0v) is 12.0. The van der Waals surface area contributed by atoms with Crippen molar-refractivity contribution in [3.05, 3.63) is 65.2 Å². The topological polar surface area (TPSA) is 12.0 Å². The Kier molecular flexibility index (Phi) is 3.90. The van der Waals surface area contributed by atoms with E-state index in [0.29, 0.717) is 5.25 Å². The first-order valence-corrected chi connectivity index (χ1v) is 7.70. The summed E-state index contributed by atoms with van der Waals surface area (Å²) in [6.07, 6.45) is 1.20. The quantitative estimate of drug-likeness (QED) is 0.906. The molecular weight excluding hydrogens is 250 g/mol. The van der Waals surface area contributed by atoms with Crippen molar-refractivity contribution in [2.75, 3.05) is 6.54 Å². The van der Waals surface area contributed by atoms with Crippen LogP contribution in [0, 0.1) is 6.92 Å². The maximum atomic E-state index is 3.58. The third kappa shape index (κ3) is 3.20. The third-order valence-corrected chi connectivity index (χ3v) is 4.85. The average Bonchev–Trinajstić information content (AvgIpc) is 2.83. The van der Waals surface area contributed by atoms with E-state index in [2.05, 4.69) is 60.8 Å². The molecule has 1 nitrogen and oxygen atoms in total. The molecule has 1 unspecified atom stereocenters. The molecule has 1 aliphatic heterocycles. The van der Waals surface area contributed by atoms with E-state index in [4.69, 9.17) is 0 Å². The summed E-state index contributed by atoms with van der Waals surface area (Å²) in [7, 11) is 0. The van der Waals surface area contributed by atoms with Gasteiger partial charge in [-0.2, -0.15) is 0 Å². The molecule has 98 valence electrons. The van der Waals surface area contributed by atoms with Crippen LogP contribution < -0.4 is 5.32 Å². The van der Waals surface area contributed by atoms with Crippen molar-refractivity contribution in [3.63, 3.8) is 0 Å². The van der Waals surface area contributed by atoms with E-state index in [9.17, 15) is 0 Å². The highest BCUT2D eigenvalue weighted by Gasteiger charge is 2.20. The molecule has 19 heavy (non-hydrogen) atoms. The van der Waals surface area contributed by atoms with Gasteiger partial charge in [-0.05, 0) is 30.5 Å². The van der Waals surface area contributed by atoms with Crippen LogP contribution in [0.1, 0.15) is 16.7 Å². The fourth-order valence-electron chi connectivity index (χ4n) is 2.45. The molecule has 1 atom stereocenters. The predicted molar refractivity (Wildman–Crippen MR) is 82.7 cm³/mol. The molecule has 0 aromatic heterocycles. The fraction of sp³-hybridized carbons (Fsp3) is 0.294. The van der Waals surface area contributed by atoms with Crippen LogP contribution in [-0.4, -0.2) is 11.8 Å². The summed E-state index contributed by atoms with van der Waals surface area (Å²) in [6, 6.07) is 17.5. The van der Waals surface area contributed by atoms with E-state index in [0.717, 1.165) is 13.1 Å². The van der Waals surface area contributed by atoms with Crippen molar-refractivity contribution in [2.24, 2.45) is 0 Å². The average molecular weight is 269 g/mol. The first-order valence-electron chi connectivity index (χ1n) is 6.82. The lowest BCUT2D eigenvalue weighted by Gasteiger charge is -2.10. The highest BCUT2D eigenvalue weighted by Crippen LogP contribution is 2.36. The van der Waals surface area contributed by atoms with Crippen LogP contribution in [0.15, 0.2) is 53.4 Å². The van der Waals surface area contributed by atoms with Crippen molar-refractivity contribution < 1.29 is 0 Å². The van der Waals surface area contributed by atoms with Crippen molar-refractivity contribution in [2.45, 2.75) is 30.0 Å². The highest BCUT2D eigenvalue weighted by molar-refractivity contribution is 8.00. The van der Waals surface area contributed by atoms with Gasteiger partial charge in [0.05, 0.1) is 0 Å². The van der Waals surface area contributed by atoms with Gasteiger partial charge in [-0.1, -0.05) is 48.0 Å². The Morgan fingerprint density at radius 3 is 2.68 bits per heavy atom. The lowest BCUT2D eigenvalue weighted by Crippen LogP contribution is -2.23. The molecule has 3 rings (SSSR count). The number of benzene rings is 2. The number of aryl methyl sites for hydroxylation is 1. The largest absolute Gasteiger partial charge is 0.312 e. The molecule has 0 saturated carbocycles. The molecule has 0 radical (unpaired) electrons. The van der Waals surface area contributed by atoms with Crippen LogP contribution in [0.2, 0.25) is 0 Å². The van der Waals surface area contributed by atoms with Crippen LogP contribution in [0.3, 0.4) is 0 Å². The number of hydrogen-bond acceptors (Lipinski definition) is 2. The number of thioether (sulfide) groups is 1. The fourth-order valence-corrected chi connectivity index (χ4v) is 3.73. The Morgan fingerprint density at radius 2 is 1.89 bits per heavy atom. The molecule has 1 aliphatic rings. The van der Waals surface area contributed by atoms with Crippen LogP contribution in [0.5, 0.6) is 0 Å². The summed E-state index contributed by atoms with van der Waals surface area (Å²) < 4.78 is 0. The normalized spacial score (nSPS) is 17.4. The maximum absolute atomic E-state index is 3.58. The molecule has 1 heterocycles. The summed E-state index contributed by atoms with van der Waals surface area (Å²) in [4.78, 5) is 1.46. The van der Waals surface area contributed by atoms with Crippen molar-refractivity contribution in [1.82, 2.24) is 5.32 Å². The molecular formula is C17H19NS. The SMILES string of the molecule is Cc1ccc(CNCC2Cc3ccccc3S2)cc1. The minimum Gasteiger partial charge on any atom is -0.312 e. The second-order valence-electron chi connectivity index (χ2n) is 5.17. The van der Waals surface area contributed by atoms with Gasteiger partial charge in [0.2, 0.25) is 0 Å². The molecule has 0 saturated heterocycles. The number of fused-ring (bicyclic) bond motifs is 1. The van der Waals surface area contributed by atoms with Gasteiger partial charge in [-0.25, -0.2) is 0 Å². The summed E-state index contributed by atoms with van der Waals surface area (Å²) in [6.45, 7) is 4.17. The summed E-state index contributed by atoms with van der Waals surface area (Å²) >= 11 is 2.01. The summed E-state index contributed by atoms with van der Waals surface area (Å²) in [5.41, 5.74) is 4.20. The Labute approximate surface area is 119 Å². The van der Waals surface area contributed by atoms with Gasteiger partial charge in [0.25, 0.3) is 0 Å². The molecule has 2 aromatic rings. The van der Waals surface area contributed by atoms with Gasteiger partial charge in [-0.15, -0.1) is 11.8 Å². The molecule has 0 aliphatic carbocycles. The summed E-state index contributed by atoms with van der Waals surface area (Å²) in [5, 5.41) is 4.26. The zero-order valence-electron chi connectivity index (χ0n) is 11.2. The van der Waals surface area contributed by atoms with Crippen LogP contribution in [0.25, 0.3) is 0 Å². The molecule has 0 spiro atoms. The van der Waals surface area contributed by atoms with Crippen LogP contribution in [0.4, 0.5) is 0 Å². The third-order valence-electron chi connectivity index (χ3n) is 3.54. The van der Waals surface area contributed by atoms with Crippen LogP contribution in [-0.2, 0) is 13.0 Å². The number of rotatable bonds is 4. The molecule has 1 N–H and O–H groups in total. The Bertz CT molecular complexity index is 522. The van der Waals surface area contributed by atoms with E-state index in [-0.39, 0.29) is 0 Å². The molecule has 0 amide bonds. The minimum absolute atomic E-state index is 0.683. The molecule has 0 bridgehead atoms. The van der Waals surface area contributed by atoms with E-state index < -0.39 is 0 Å². The predicted octanol–water partition coefficient (Wildman–Crippen LogP) is 3.80. The van der Waals surface area contributed by atoms with Gasteiger partial charge in [0.15, 0.2) is 0 Å². The highest BCUT2D eigenvalue weighted by atomic mass is 32.2. The Morgan fingerprint density at radius 1 is 1.11 bits per heavy atom. The Balaban J connectivity index is 1.48. The first-order chi connectivity index (χ1) is 9.31. The van der Waals surface area contributed by atoms with Gasteiger partial charge in [-0.3, -0.25) is 0 Å². The monoisotopic (exact) mass is 269 g/mol. The standard InChI is InChI=1S/C17H19NS/c1-13-6-8-14(9-7-13)11-18-12-16-10-15-4-2-3-5-17(15)19-16/h2-9,16,18H,10-12H2,1H3. The Hall–Kier alpha value is -1.25. The number of nitrogens with one attached hydrogen (secondary N) is 1. The van der Waals surface area contributed by atoms with Crippen molar-refractivity contribution in [3.8, 4) is 0 Å². The summed E-state index contributed by atoms with van der Waals surface area (Å²) in [5.74, 6) is 0. The maximum Gasteiger partial charge on any atom is 0.0260 e. The van der Waals surface area contributed by atoms with Crippen LogP contribution >= 0.6 is 11.8 Å². The second-order valence-corrected chi connectivity index (χ2v) is 6.51. The molecule has 2 heteroatoms. The van der Waals surface area contributed by atoms with E-state index in [1.165, 1.54) is 28.0 Å². The molecule has 0 fully saturated rings.